The van der Waals surface area contributed by atoms with Crippen molar-refractivity contribution in [3.05, 3.63) is 103 Å². The summed E-state index contributed by atoms with van der Waals surface area (Å²) >= 11 is 0. The number of imidazole rings is 1. The van der Waals surface area contributed by atoms with Crippen LogP contribution in [0.2, 0.25) is 0 Å². The first-order chi connectivity index (χ1) is 15.8. The van der Waals surface area contributed by atoms with Gasteiger partial charge in [0.1, 0.15) is 12.3 Å². The zero-order chi connectivity index (χ0) is 21.8. The fraction of sp³-hybridized carbons (Fsp3) is 0.0769. The molecule has 0 spiro atoms. The molecule has 0 aliphatic rings. The maximum absolute atomic E-state index is 6.09. The Kier molecular flexibility index (Phi) is 5.41. The SMILES string of the molecule is COc1ccc(-c2cc3nccn3c(Nc3ccccc3)n2)cc1OCc1ccccc1. The molecule has 6 heteroatoms. The lowest BCUT2D eigenvalue weighted by Gasteiger charge is -2.14. The second kappa shape index (κ2) is 8.81. The van der Waals surface area contributed by atoms with Crippen LogP contribution in [0.1, 0.15) is 5.56 Å². The highest BCUT2D eigenvalue weighted by atomic mass is 16.5. The number of fused-ring (bicyclic) bond motifs is 1. The third-order valence-electron chi connectivity index (χ3n) is 5.12. The predicted octanol–water partition coefficient (Wildman–Crippen LogP) is 5.73. The molecule has 1 N–H and O–H groups in total. The van der Waals surface area contributed by atoms with E-state index in [1.165, 1.54) is 0 Å². The molecule has 0 saturated carbocycles. The van der Waals surface area contributed by atoms with Crippen LogP contribution in [0.3, 0.4) is 0 Å². The number of rotatable bonds is 7. The molecule has 2 aromatic heterocycles. The summed E-state index contributed by atoms with van der Waals surface area (Å²) in [6, 6.07) is 27.8. The van der Waals surface area contributed by atoms with Crippen LogP contribution < -0.4 is 14.8 Å². The first-order valence-corrected chi connectivity index (χ1v) is 10.3. The molecular formula is C26H22N4O2. The van der Waals surface area contributed by atoms with Gasteiger partial charge in [0.15, 0.2) is 11.5 Å². The molecule has 5 aromatic rings. The number of benzene rings is 3. The van der Waals surface area contributed by atoms with Crippen LogP contribution in [-0.4, -0.2) is 21.5 Å². The molecule has 0 aliphatic carbocycles. The van der Waals surface area contributed by atoms with Crippen LogP contribution in [0.4, 0.5) is 11.6 Å². The smallest absolute Gasteiger partial charge is 0.213 e. The summed E-state index contributed by atoms with van der Waals surface area (Å²) in [5.74, 6) is 2.02. The molecule has 0 amide bonds. The van der Waals surface area contributed by atoms with E-state index in [4.69, 9.17) is 14.5 Å². The summed E-state index contributed by atoms with van der Waals surface area (Å²) in [6.07, 6.45) is 3.65. The largest absolute Gasteiger partial charge is 0.493 e. The minimum Gasteiger partial charge on any atom is -0.493 e. The van der Waals surface area contributed by atoms with Crippen molar-refractivity contribution in [2.45, 2.75) is 6.61 Å². The van der Waals surface area contributed by atoms with Gasteiger partial charge in [0.05, 0.1) is 12.8 Å². The molecule has 0 radical (unpaired) electrons. The predicted molar refractivity (Wildman–Crippen MR) is 125 cm³/mol. The monoisotopic (exact) mass is 422 g/mol. The van der Waals surface area contributed by atoms with Crippen LogP contribution in [0.5, 0.6) is 11.5 Å². The average Bonchev–Trinajstić information content (AvgIpc) is 3.33. The number of nitrogens with zero attached hydrogens (tertiary/aromatic N) is 3. The lowest BCUT2D eigenvalue weighted by molar-refractivity contribution is 0.284. The summed E-state index contributed by atoms with van der Waals surface area (Å²) in [7, 11) is 1.64. The van der Waals surface area contributed by atoms with Gasteiger partial charge in [-0.15, -0.1) is 0 Å². The molecule has 0 bridgehead atoms. The van der Waals surface area contributed by atoms with Gasteiger partial charge in [-0.3, -0.25) is 4.40 Å². The third kappa shape index (κ3) is 4.11. The third-order valence-corrected chi connectivity index (χ3v) is 5.12. The van der Waals surface area contributed by atoms with Gasteiger partial charge in [-0.1, -0.05) is 48.5 Å². The lowest BCUT2D eigenvalue weighted by Crippen LogP contribution is -2.03. The Morgan fingerprint density at radius 3 is 2.44 bits per heavy atom. The van der Waals surface area contributed by atoms with Gasteiger partial charge < -0.3 is 14.8 Å². The number of anilines is 2. The van der Waals surface area contributed by atoms with E-state index in [-0.39, 0.29) is 0 Å². The van der Waals surface area contributed by atoms with Crippen LogP contribution in [0.25, 0.3) is 16.9 Å². The first kappa shape index (κ1) is 19.6. The molecule has 5 rings (SSSR count). The molecule has 0 atom stereocenters. The maximum atomic E-state index is 6.09. The zero-order valence-electron chi connectivity index (χ0n) is 17.6. The summed E-state index contributed by atoms with van der Waals surface area (Å²) < 4.78 is 13.5. The Bertz CT molecular complexity index is 1330. The van der Waals surface area contributed by atoms with E-state index in [0.29, 0.717) is 24.1 Å². The molecule has 3 aromatic carbocycles. The Hall–Kier alpha value is -4.32. The molecule has 2 heterocycles. The van der Waals surface area contributed by atoms with Crippen molar-refractivity contribution in [2.75, 3.05) is 12.4 Å². The molecule has 32 heavy (non-hydrogen) atoms. The van der Waals surface area contributed by atoms with E-state index in [1.807, 2.05) is 95.5 Å². The van der Waals surface area contributed by atoms with Gasteiger partial charge in [-0.2, -0.15) is 0 Å². The molecule has 158 valence electrons. The summed E-state index contributed by atoms with van der Waals surface area (Å²) in [4.78, 5) is 9.34. The quantitative estimate of drug-likeness (QED) is 0.363. The van der Waals surface area contributed by atoms with Crippen molar-refractivity contribution in [3.63, 3.8) is 0 Å². The molecule has 0 saturated heterocycles. The second-order valence-electron chi connectivity index (χ2n) is 7.25. The summed E-state index contributed by atoms with van der Waals surface area (Å²) in [5.41, 5.74) is 4.54. The van der Waals surface area contributed by atoms with Gasteiger partial charge in [-0.25, -0.2) is 9.97 Å². The van der Waals surface area contributed by atoms with Crippen molar-refractivity contribution in [1.29, 1.82) is 0 Å². The van der Waals surface area contributed by atoms with Gasteiger partial charge in [-0.05, 0) is 35.9 Å². The van der Waals surface area contributed by atoms with Crippen LogP contribution in [0.15, 0.2) is 97.3 Å². The Balaban J connectivity index is 1.50. The molecule has 0 fully saturated rings. The highest BCUT2D eigenvalue weighted by molar-refractivity contribution is 5.70. The maximum Gasteiger partial charge on any atom is 0.213 e. The van der Waals surface area contributed by atoms with E-state index in [2.05, 4.69) is 10.3 Å². The Labute approximate surface area is 186 Å². The lowest BCUT2D eigenvalue weighted by atomic mass is 10.1. The number of para-hydroxylation sites is 1. The Morgan fingerprint density at radius 2 is 1.66 bits per heavy atom. The number of aromatic nitrogens is 3. The van der Waals surface area contributed by atoms with Crippen molar-refractivity contribution >= 4 is 17.3 Å². The van der Waals surface area contributed by atoms with Gasteiger partial charge >= 0.3 is 0 Å². The number of ether oxygens (including phenoxy) is 2. The van der Waals surface area contributed by atoms with Crippen LogP contribution in [-0.2, 0) is 6.61 Å². The topological polar surface area (TPSA) is 60.7 Å². The normalized spacial score (nSPS) is 10.8. The molecular weight excluding hydrogens is 400 g/mol. The highest BCUT2D eigenvalue weighted by Gasteiger charge is 2.12. The highest BCUT2D eigenvalue weighted by Crippen LogP contribution is 2.33. The second-order valence-corrected chi connectivity index (χ2v) is 7.25. The van der Waals surface area contributed by atoms with E-state index < -0.39 is 0 Å². The van der Waals surface area contributed by atoms with Crippen LogP contribution in [0, 0.1) is 0 Å². The summed E-state index contributed by atoms with van der Waals surface area (Å²) in [6.45, 7) is 0.453. The standard InChI is InChI=1S/C26H22N4O2/c1-31-23-13-12-20(16-24(23)32-18-19-8-4-2-5-9-19)22-17-25-27-14-15-30(25)26(29-22)28-21-10-6-3-7-11-21/h2-17H,18H2,1H3,(H,28,29). The van der Waals surface area contributed by atoms with Crippen LogP contribution >= 0.6 is 0 Å². The van der Waals surface area contributed by atoms with E-state index >= 15 is 0 Å². The first-order valence-electron chi connectivity index (χ1n) is 10.3. The number of hydrogen-bond acceptors (Lipinski definition) is 5. The van der Waals surface area contributed by atoms with Crippen molar-refractivity contribution in [1.82, 2.24) is 14.4 Å². The van der Waals surface area contributed by atoms with E-state index in [1.54, 1.807) is 13.3 Å². The fourth-order valence-corrected chi connectivity index (χ4v) is 3.49. The minimum atomic E-state index is 0.453. The number of methoxy groups -OCH3 is 1. The average molecular weight is 422 g/mol. The zero-order valence-corrected chi connectivity index (χ0v) is 17.6. The van der Waals surface area contributed by atoms with Crippen molar-refractivity contribution in [3.8, 4) is 22.8 Å². The van der Waals surface area contributed by atoms with E-state index in [0.717, 1.165) is 28.2 Å². The fourth-order valence-electron chi connectivity index (χ4n) is 3.49. The molecule has 0 aliphatic heterocycles. The van der Waals surface area contributed by atoms with Gasteiger partial charge in [0, 0.05) is 29.7 Å². The minimum absolute atomic E-state index is 0.453. The number of nitrogens with one attached hydrogen (secondary N) is 1. The Morgan fingerprint density at radius 1 is 0.875 bits per heavy atom. The van der Waals surface area contributed by atoms with E-state index in [9.17, 15) is 0 Å². The summed E-state index contributed by atoms with van der Waals surface area (Å²) in [5, 5.41) is 3.38. The molecule has 6 nitrogen and oxygen atoms in total. The van der Waals surface area contributed by atoms with Gasteiger partial charge in [0.2, 0.25) is 5.95 Å². The van der Waals surface area contributed by atoms with Crippen molar-refractivity contribution in [2.24, 2.45) is 0 Å². The van der Waals surface area contributed by atoms with Crippen molar-refractivity contribution < 1.29 is 9.47 Å². The number of hydrogen-bond donors (Lipinski definition) is 1. The molecule has 0 unspecified atom stereocenters. The van der Waals surface area contributed by atoms with Gasteiger partial charge in [0.25, 0.3) is 0 Å².